The first-order valence-corrected chi connectivity index (χ1v) is 8.86. The highest BCUT2D eigenvalue weighted by molar-refractivity contribution is 5.92. The van der Waals surface area contributed by atoms with Crippen LogP contribution in [0.1, 0.15) is 53.4 Å². The normalized spacial score (nSPS) is 15.6. The molecule has 0 fully saturated rings. The van der Waals surface area contributed by atoms with Gasteiger partial charge in [-0.1, -0.05) is 34.1 Å². The van der Waals surface area contributed by atoms with E-state index in [-0.39, 0.29) is 24.7 Å². The smallest absolute Gasteiger partial charge is 0.326 e. The van der Waals surface area contributed by atoms with E-state index in [1.165, 1.54) is 0 Å². The highest BCUT2D eigenvalue weighted by atomic mass is 16.4. The molecule has 7 N–H and O–H groups in total. The second-order valence-electron chi connectivity index (χ2n) is 7.01. The maximum absolute atomic E-state index is 12.5. The van der Waals surface area contributed by atoms with Crippen LogP contribution in [0.4, 0.5) is 0 Å². The van der Waals surface area contributed by atoms with Crippen molar-refractivity contribution < 1.29 is 24.3 Å². The number of primary amides is 1. The van der Waals surface area contributed by atoms with Gasteiger partial charge in [0.15, 0.2) is 0 Å². The average molecular weight is 372 g/mol. The van der Waals surface area contributed by atoms with Crippen LogP contribution in [0.2, 0.25) is 0 Å². The predicted molar refractivity (Wildman–Crippen MR) is 96.8 cm³/mol. The van der Waals surface area contributed by atoms with E-state index in [1.54, 1.807) is 6.92 Å². The fourth-order valence-corrected chi connectivity index (χ4v) is 2.38. The van der Waals surface area contributed by atoms with Crippen LogP contribution in [0.3, 0.4) is 0 Å². The predicted octanol–water partition coefficient (Wildman–Crippen LogP) is -0.274. The Kier molecular flexibility index (Phi) is 10.5. The van der Waals surface area contributed by atoms with E-state index in [1.807, 2.05) is 20.8 Å². The number of hydrogen-bond acceptors (Lipinski definition) is 5. The van der Waals surface area contributed by atoms with Crippen LogP contribution in [0.15, 0.2) is 0 Å². The lowest BCUT2D eigenvalue weighted by atomic mass is 9.96. The average Bonchev–Trinajstić information content (AvgIpc) is 2.53. The SMILES string of the molecule is CC[C@H](C)[C@H](NC(=O)[C@@H](N)CC(C)C)C(=O)N[C@@H](CCC(N)=O)C(=O)O. The van der Waals surface area contributed by atoms with E-state index in [0.29, 0.717) is 12.8 Å². The Balaban J connectivity index is 5.09. The van der Waals surface area contributed by atoms with Crippen molar-refractivity contribution in [2.75, 3.05) is 0 Å². The number of carbonyl (C=O) groups is 4. The van der Waals surface area contributed by atoms with Crippen molar-refractivity contribution in [2.24, 2.45) is 23.3 Å². The zero-order valence-corrected chi connectivity index (χ0v) is 16.0. The van der Waals surface area contributed by atoms with E-state index in [0.717, 1.165) is 0 Å². The highest BCUT2D eigenvalue weighted by Gasteiger charge is 2.31. The highest BCUT2D eigenvalue weighted by Crippen LogP contribution is 2.11. The van der Waals surface area contributed by atoms with Crippen LogP contribution in [0, 0.1) is 11.8 Å². The van der Waals surface area contributed by atoms with Crippen molar-refractivity contribution in [1.29, 1.82) is 0 Å². The Bertz CT molecular complexity index is 509. The molecule has 0 aromatic carbocycles. The molecule has 0 aromatic heterocycles. The molecule has 0 spiro atoms. The molecule has 0 heterocycles. The summed E-state index contributed by atoms with van der Waals surface area (Å²) in [6.07, 6.45) is 0.773. The van der Waals surface area contributed by atoms with Gasteiger partial charge in [0.05, 0.1) is 6.04 Å². The zero-order chi connectivity index (χ0) is 20.4. The summed E-state index contributed by atoms with van der Waals surface area (Å²) in [7, 11) is 0. The molecule has 0 aromatic rings. The van der Waals surface area contributed by atoms with Crippen molar-refractivity contribution in [2.45, 2.75) is 71.5 Å². The van der Waals surface area contributed by atoms with Crippen LogP contribution < -0.4 is 22.1 Å². The van der Waals surface area contributed by atoms with Crippen molar-refractivity contribution in [3.8, 4) is 0 Å². The van der Waals surface area contributed by atoms with Crippen LogP contribution >= 0.6 is 0 Å². The van der Waals surface area contributed by atoms with Gasteiger partial charge in [-0.15, -0.1) is 0 Å². The molecule has 0 rings (SSSR count). The first kappa shape index (κ1) is 23.8. The fraction of sp³-hybridized carbons (Fsp3) is 0.765. The molecule has 0 saturated carbocycles. The molecule has 3 amide bonds. The number of hydrogen-bond donors (Lipinski definition) is 5. The second kappa shape index (κ2) is 11.5. The Morgan fingerprint density at radius 2 is 1.62 bits per heavy atom. The standard InChI is InChI=1S/C17H32N4O5/c1-5-10(4)14(21-15(23)11(18)8-9(2)3)16(24)20-12(17(25)26)6-7-13(19)22/h9-12,14H,5-8,18H2,1-4H3,(H2,19,22)(H,20,24)(H,21,23)(H,25,26)/t10-,11-,12-,14-/m0/s1. The molecule has 0 aliphatic rings. The van der Waals surface area contributed by atoms with Gasteiger partial charge in [-0.25, -0.2) is 4.79 Å². The van der Waals surface area contributed by atoms with Crippen LogP contribution in [0.25, 0.3) is 0 Å². The Morgan fingerprint density at radius 3 is 2.04 bits per heavy atom. The number of amides is 3. The topological polar surface area (TPSA) is 165 Å². The first-order valence-electron chi connectivity index (χ1n) is 8.86. The van der Waals surface area contributed by atoms with Crippen LogP contribution in [-0.4, -0.2) is 46.9 Å². The molecule has 0 bridgehead atoms. The van der Waals surface area contributed by atoms with Crippen molar-refractivity contribution in [3.05, 3.63) is 0 Å². The summed E-state index contributed by atoms with van der Waals surface area (Å²) < 4.78 is 0. The van der Waals surface area contributed by atoms with Gasteiger partial charge in [0.25, 0.3) is 0 Å². The van der Waals surface area contributed by atoms with Gasteiger partial charge in [-0.05, 0) is 24.7 Å². The molecule has 0 aliphatic heterocycles. The number of nitrogens with one attached hydrogen (secondary N) is 2. The van der Waals surface area contributed by atoms with Gasteiger partial charge in [0, 0.05) is 6.42 Å². The number of carboxylic acid groups (broad SMARTS) is 1. The minimum Gasteiger partial charge on any atom is -0.480 e. The summed E-state index contributed by atoms with van der Waals surface area (Å²) >= 11 is 0. The van der Waals surface area contributed by atoms with Crippen LogP contribution in [-0.2, 0) is 19.2 Å². The lowest BCUT2D eigenvalue weighted by Crippen LogP contribution is -2.56. The Morgan fingerprint density at radius 1 is 1.04 bits per heavy atom. The van der Waals surface area contributed by atoms with Gasteiger partial charge in [0.2, 0.25) is 17.7 Å². The van der Waals surface area contributed by atoms with Gasteiger partial charge < -0.3 is 27.2 Å². The zero-order valence-electron chi connectivity index (χ0n) is 16.0. The largest absolute Gasteiger partial charge is 0.480 e. The number of carbonyl (C=O) groups excluding carboxylic acids is 3. The number of aliphatic carboxylic acids is 1. The van der Waals surface area contributed by atoms with Crippen molar-refractivity contribution in [1.82, 2.24) is 10.6 Å². The summed E-state index contributed by atoms with van der Waals surface area (Å²) in [6, 6.07) is -2.93. The third kappa shape index (κ3) is 8.80. The quantitative estimate of drug-likeness (QED) is 0.316. The molecule has 0 saturated heterocycles. The van der Waals surface area contributed by atoms with Crippen molar-refractivity contribution in [3.63, 3.8) is 0 Å². The van der Waals surface area contributed by atoms with E-state index < -0.39 is 41.8 Å². The summed E-state index contributed by atoms with van der Waals surface area (Å²) in [4.78, 5) is 46.9. The molecule has 9 heteroatoms. The minimum absolute atomic E-state index is 0.121. The third-order valence-corrected chi connectivity index (χ3v) is 4.15. The maximum atomic E-state index is 12.5. The summed E-state index contributed by atoms with van der Waals surface area (Å²) in [5, 5.41) is 14.2. The number of rotatable bonds is 12. The minimum atomic E-state index is -1.27. The molecular weight excluding hydrogens is 340 g/mol. The lowest BCUT2D eigenvalue weighted by molar-refractivity contribution is -0.142. The molecule has 0 aliphatic carbocycles. The Labute approximate surface area is 154 Å². The molecular formula is C17H32N4O5. The summed E-state index contributed by atoms with van der Waals surface area (Å²) in [6.45, 7) is 7.50. The third-order valence-electron chi connectivity index (χ3n) is 4.15. The first-order chi connectivity index (χ1) is 12.0. The maximum Gasteiger partial charge on any atom is 0.326 e. The van der Waals surface area contributed by atoms with E-state index >= 15 is 0 Å². The lowest BCUT2D eigenvalue weighted by Gasteiger charge is -2.27. The molecule has 150 valence electrons. The van der Waals surface area contributed by atoms with Crippen molar-refractivity contribution >= 4 is 23.7 Å². The fourth-order valence-electron chi connectivity index (χ4n) is 2.38. The second-order valence-corrected chi connectivity index (χ2v) is 7.01. The van der Waals surface area contributed by atoms with E-state index in [4.69, 9.17) is 11.5 Å². The number of carboxylic acids is 1. The van der Waals surface area contributed by atoms with Gasteiger partial charge >= 0.3 is 5.97 Å². The molecule has 0 unspecified atom stereocenters. The Hall–Kier alpha value is -2.16. The van der Waals surface area contributed by atoms with Gasteiger partial charge in [-0.2, -0.15) is 0 Å². The molecule has 4 atom stereocenters. The van der Waals surface area contributed by atoms with Gasteiger partial charge in [0.1, 0.15) is 12.1 Å². The molecule has 0 radical (unpaired) electrons. The van der Waals surface area contributed by atoms with E-state index in [9.17, 15) is 24.3 Å². The molecule has 9 nitrogen and oxygen atoms in total. The number of nitrogens with two attached hydrogens (primary N) is 2. The van der Waals surface area contributed by atoms with Gasteiger partial charge in [-0.3, -0.25) is 14.4 Å². The summed E-state index contributed by atoms with van der Waals surface area (Å²) in [5.74, 6) is -3.01. The summed E-state index contributed by atoms with van der Waals surface area (Å²) in [5.41, 5.74) is 10.9. The van der Waals surface area contributed by atoms with Crippen LogP contribution in [0.5, 0.6) is 0 Å². The monoisotopic (exact) mass is 372 g/mol. The van der Waals surface area contributed by atoms with E-state index in [2.05, 4.69) is 10.6 Å². The molecule has 26 heavy (non-hydrogen) atoms.